The van der Waals surface area contributed by atoms with Gasteiger partial charge < -0.3 is 0 Å². The average Bonchev–Trinajstić information content (AvgIpc) is 2.75. The highest BCUT2D eigenvalue weighted by Gasteiger charge is 2.39. The van der Waals surface area contributed by atoms with Crippen molar-refractivity contribution < 1.29 is 14.2 Å². The first-order chi connectivity index (χ1) is 14.6. The van der Waals surface area contributed by atoms with Gasteiger partial charge in [0.15, 0.2) is 5.78 Å². The fraction of sp³-hybridized carbons (Fsp3) is 0.200. The lowest BCUT2D eigenvalue weighted by molar-refractivity contribution is 0.103. The molecule has 0 aromatic heterocycles. The molecule has 0 N–H and O–H groups in total. The van der Waals surface area contributed by atoms with Crippen molar-refractivity contribution in [1.82, 2.24) is 0 Å². The molecule has 31 heavy (non-hydrogen) atoms. The largest absolute Gasteiger partial charge is 0.459 e. The van der Waals surface area contributed by atoms with E-state index < -0.39 is 13.3 Å². The molecule has 0 spiro atoms. The van der Waals surface area contributed by atoms with Crippen molar-refractivity contribution in [2.24, 2.45) is 0 Å². The number of ketones is 1. The second-order valence-electron chi connectivity index (χ2n) is 7.54. The number of halogens is 2. The van der Waals surface area contributed by atoms with Gasteiger partial charge in [-0.15, -0.1) is 0 Å². The molecule has 0 fully saturated rings. The molecule has 158 valence electrons. The average molecular weight is 472 g/mol. The Bertz CT molecular complexity index is 1210. The van der Waals surface area contributed by atoms with Crippen molar-refractivity contribution in [2.45, 2.75) is 34.6 Å². The summed E-state index contributed by atoms with van der Waals surface area (Å²) in [6.07, 6.45) is 0. The predicted molar refractivity (Wildman–Crippen MR) is 128 cm³/mol. The lowest BCUT2D eigenvalue weighted by Gasteiger charge is -2.18. The summed E-state index contributed by atoms with van der Waals surface area (Å²) in [5.74, 6) is -0.252. The van der Waals surface area contributed by atoms with E-state index in [0.29, 0.717) is 5.56 Å². The van der Waals surface area contributed by atoms with Crippen LogP contribution in [-0.4, -0.2) is 11.3 Å². The van der Waals surface area contributed by atoms with Gasteiger partial charge in [0.2, 0.25) is 5.30 Å². The number of benzene rings is 3. The zero-order valence-electron chi connectivity index (χ0n) is 18.0. The van der Waals surface area contributed by atoms with E-state index >= 15 is 0 Å². The Hall–Kier alpha value is -2.32. The standard InChI is InChI=1S/C25H22Cl2O3P/c1-13-14(2)16(4)22(17(5)15(13)3)24(28)18-9-6-7-12-21(18)31(30)25(29)23-19(26)10-8-11-20(23)27/h6-12H,1-5H3/q+1. The van der Waals surface area contributed by atoms with E-state index in [1.807, 2.05) is 34.6 Å². The minimum absolute atomic E-state index is 0.00332. The number of hydrogen-bond acceptors (Lipinski definition) is 3. The molecule has 0 aliphatic heterocycles. The van der Waals surface area contributed by atoms with Crippen LogP contribution >= 0.6 is 31.0 Å². The van der Waals surface area contributed by atoms with Crippen LogP contribution in [0, 0.1) is 34.6 Å². The van der Waals surface area contributed by atoms with Crippen molar-refractivity contribution >= 4 is 47.6 Å². The summed E-state index contributed by atoms with van der Waals surface area (Å²) >= 11 is 12.3. The van der Waals surface area contributed by atoms with Crippen LogP contribution in [0.1, 0.15) is 54.1 Å². The maximum Gasteiger partial charge on any atom is 0.459 e. The van der Waals surface area contributed by atoms with Crippen LogP contribution in [0.4, 0.5) is 0 Å². The molecule has 1 unspecified atom stereocenters. The number of hydrogen-bond donors (Lipinski definition) is 0. The Labute approximate surface area is 193 Å². The van der Waals surface area contributed by atoms with Crippen molar-refractivity contribution in [2.75, 3.05) is 0 Å². The van der Waals surface area contributed by atoms with Crippen LogP contribution in [0.2, 0.25) is 10.0 Å². The Balaban J connectivity index is 2.15. The molecule has 0 aliphatic carbocycles. The SMILES string of the molecule is Cc1c(C)c(C)c(C(=O)c2ccccc2[P+](=O)C(=O)c2c(Cl)cccc2Cl)c(C)c1C. The molecule has 0 heterocycles. The Kier molecular flexibility index (Phi) is 6.81. The highest BCUT2D eigenvalue weighted by molar-refractivity contribution is 7.71. The van der Waals surface area contributed by atoms with Crippen LogP contribution in [-0.2, 0) is 4.57 Å². The molecule has 0 radical (unpaired) electrons. The zero-order valence-corrected chi connectivity index (χ0v) is 20.4. The lowest BCUT2D eigenvalue weighted by atomic mass is 9.86. The Morgan fingerprint density at radius 2 is 1.16 bits per heavy atom. The highest BCUT2D eigenvalue weighted by atomic mass is 35.5. The third-order valence-corrected chi connectivity index (χ3v) is 8.01. The van der Waals surface area contributed by atoms with Crippen LogP contribution in [0.3, 0.4) is 0 Å². The molecule has 6 heteroatoms. The minimum atomic E-state index is -2.61. The highest BCUT2D eigenvalue weighted by Crippen LogP contribution is 2.36. The van der Waals surface area contributed by atoms with E-state index in [4.69, 9.17) is 23.2 Å². The maximum atomic E-state index is 13.6. The van der Waals surface area contributed by atoms with E-state index in [9.17, 15) is 14.2 Å². The fourth-order valence-electron chi connectivity index (χ4n) is 3.73. The van der Waals surface area contributed by atoms with Gasteiger partial charge >= 0.3 is 13.3 Å². The second-order valence-corrected chi connectivity index (χ2v) is 9.83. The van der Waals surface area contributed by atoms with Gasteiger partial charge in [-0.25, -0.2) is 4.79 Å². The molecule has 1 atom stereocenters. The molecule has 0 aliphatic rings. The smallest absolute Gasteiger partial charge is 0.288 e. The molecule has 3 rings (SSSR count). The summed E-state index contributed by atoms with van der Waals surface area (Å²) in [5.41, 5.74) is 5.15. The zero-order chi connectivity index (χ0) is 23.0. The fourth-order valence-corrected chi connectivity index (χ4v) is 5.71. The van der Waals surface area contributed by atoms with Gasteiger partial charge in [0, 0.05) is 5.56 Å². The monoisotopic (exact) mass is 471 g/mol. The van der Waals surface area contributed by atoms with Crippen LogP contribution in [0.5, 0.6) is 0 Å². The van der Waals surface area contributed by atoms with Gasteiger partial charge in [0.1, 0.15) is 5.56 Å². The first-order valence-electron chi connectivity index (χ1n) is 9.74. The molecule has 0 amide bonds. The van der Waals surface area contributed by atoms with Gasteiger partial charge in [0.25, 0.3) is 0 Å². The van der Waals surface area contributed by atoms with E-state index in [1.165, 1.54) is 12.1 Å². The van der Waals surface area contributed by atoms with Gasteiger partial charge in [-0.05, 0) is 86.7 Å². The molecule has 3 aromatic carbocycles. The van der Waals surface area contributed by atoms with Gasteiger partial charge in [-0.2, -0.15) is 0 Å². The van der Waals surface area contributed by atoms with Crippen molar-refractivity contribution in [3.8, 4) is 0 Å². The van der Waals surface area contributed by atoms with E-state index in [0.717, 1.165) is 27.8 Å². The van der Waals surface area contributed by atoms with Crippen LogP contribution < -0.4 is 5.30 Å². The molecular weight excluding hydrogens is 450 g/mol. The van der Waals surface area contributed by atoms with E-state index in [1.54, 1.807) is 30.3 Å². The van der Waals surface area contributed by atoms with Crippen molar-refractivity contribution in [3.05, 3.63) is 97.0 Å². The molecule has 3 aromatic rings. The molecular formula is C25H22Cl2O3P+. The van der Waals surface area contributed by atoms with Gasteiger partial charge in [-0.1, -0.05) is 46.0 Å². The normalized spacial score (nSPS) is 11.4. The Morgan fingerprint density at radius 1 is 0.677 bits per heavy atom. The number of carbonyl (C=O) groups excluding carboxylic acids is 2. The maximum absolute atomic E-state index is 13.6. The summed E-state index contributed by atoms with van der Waals surface area (Å²) in [6, 6.07) is 11.2. The quantitative estimate of drug-likeness (QED) is 0.295. The summed E-state index contributed by atoms with van der Waals surface area (Å²) in [4.78, 5) is 26.7. The van der Waals surface area contributed by atoms with Crippen LogP contribution in [0.25, 0.3) is 0 Å². The molecule has 0 bridgehead atoms. The van der Waals surface area contributed by atoms with E-state index in [-0.39, 0.29) is 32.3 Å². The van der Waals surface area contributed by atoms with E-state index in [2.05, 4.69) is 0 Å². The number of rotatable bonds is 5. The third kappa shape index (κ3) is 4.11. The first kappa shape index (κ1) is 23.3. The minimum Gasteiger partial charge on any atom is -0.288 e. The topological polar surface area (TPSA) is 51.2 Å². The van der Waals surface area contributed by atoms with Crippen molar-refractivity contribution in [1.29, 1.82) is 0 Å². The molecule has 0 saturated heterocycles. The van der Waals surface area contributed by atoms with Gasteiger partial charge in [-0.3, -0.25) is 4.79 Å². The first-order valence-corrected chi connectivity index (χ1v) is 11.8. The van der Waals surface area contributed by atoms with Crippen molar-refractivity contribution in [3.63, 3.8) is 0 Å². The lowest BCUT2D eigenvalue weighted by Crippen LogP contribution is -2.18. The summed E-state index contributed by atoms with van der Waals surface area (Å²) in [7, 11) is -2.61. The Morgan fingerprint density at radius 3 is 1.71 bits per heavy atom. The second kappa shape index (κ2) is 9.04. The summed E-state index contributed by atoms with van der Waals surface area (Å²) in [5, 5.41) is 0.431. The van der Waals surface area contributed by atoms with Crippen LogP contribution in [0.15, 0.2) is 42.5 Å². The third-order valence-electron chi connectivity index (χ3n) is 5.96. The van der Waals surface area contributed by atoms with Gasteiger partial charge in [0.05, 0.1) is 15.6 Å². The number of carbonyl (C=O) groups is 2. The molecule has 3 nitrogen and oxygen atoms in total. The predicted octanol–water partition coefficient (Wildman–Crippen LogP) is 7.06. The molecule has 0 saturated carbocycles. The summed E-state index contributed by atoms with van der Waals surface area (Å²) < 4.78 is 13.3. The summed E-state index contributed by atoms with van der Waals surface area (Å²) in [6.45, 7) is 9.85.